The van der Waals surface area contributed by atoms with E-state index in [1.54, 1.807) is 6.20 Å². The van der Waals surface area contributed by atoms with E-state index in [0.29, 0.717) is 17.9 Å². The Labute approximate surface area is 176 Å². The summed E-state index contributed by atoms with van der Waals surface area (Å²) >= 11 is 0. The van der Waals surface area contributed by atoms with Gasteiger partial charge in [0.05, 0.1) is 11.9 Å². The molecule has 3 aliphatic carbocycles. The van der Waals surface area contributed by atoms with Crippen molar-refractivity contribution in [3.05, 3.63) is 59.9 Å². The van der Waals surface area contributed by atoms with E-state index in [2.05, 4.69) is 22.1 Å². The third-order valence-corrected chi connectivity index (χ3v) is 7.54. The molecular weight excluding hydrogens is 374 g/mol. The van der Waals surface area contributed by atoms with Crippen molar-refractivity contribution in [2.24, 2.45) is 5.41 Å². The first-order chi connectivity index (χ1) is 14.6. The number of amides is 1. The quantitative estimate of drug-likeness (QED) is 0.425. The Hall–Kier alpha value is -3.15. The second-order valence-corrected chi connectivity index (χ2v) is 8.93. The number of H-pyrrole nitrogens is 1. The molecule has 0 unspecified atom stereocenters. The van der Waals surface area contributed by atoms with Crippen LogP contribution in [0.1, 0.15) is 49.7 Å². The Morgan fingerprint density at radius 2 is 1.83 bits per heavy atom. The van der Waals surface area contributed by atoms with Crippen molar-refractivity contribution in [2.45, 2.75) is 50.6 Å². The maximum Gasteiger partial charge on any atom is 0.210 e. The number of carbonyl (C=O) groups excluding carboxylic acids is 1. The lowest BCUT2D eigenvalue weighted by atomic mass is 9.54. The Morgan fingerprint density at radius 3 is 2.50 bits per heavy atom. The van der Waals surface area contributed by atoms with Gasteiger partial charge in [-0.2, -0.15) is 0 Å². The molecule has 2 bridgehead atoms. The van der Waals surface area contributed by atoms with Crippen LogP contribution in [0.25, 0.3) is 11.0 Å². The van der Waals surface area contributed by atoms with Crippen molar-refractivity contribution in [3.8, 4) is 0 Å². The van der Waals surface area contributed by atoms with Crippen molar-refractivity contribution in [2.75, 3.05) is 5.73 Å². The van der Waals surface area contributed by atoms with Gasteiger partial charge in [0.15, 0.2) is 0 Å². The topological polar surface area (TPSA) is 98.9 Å². The molecule has 0 aliphatic heterocycles. The number of aromatic amines is 1. The zero-order chi connectivity index (χ0) is 20.8. The molecule has 0 saturated heterocycles. The van der Waals surface area contributed by atoms with E-state index in [4.69, 9.17) is 11.1 Å². The largest absolute Gasteiger partial charge is 0.397 e. The van der Waals surface area contributed by atoms with Crippen molar-refractivity contribution in [1.29, 1.82) is 5.41 Å². The molecule has 6 heteroatoms. The number of hydrogen-bond acceptors (Lipinski definition) is 4. The highest BCUT2D eigenvalue weighted by molar-refractivity contribution is 6.14. The van der Waals surface area contributed by atoms with Gasteiger partial charge in [-0.25, -0.2) is 4.98 Å². The van der Waals surface area contributed by atoms with E-state index in [0.717, 1.165) is 67.1 Å². The maximum atomic E-state index is 12.0. The van der Waals surface area contributed by atoms with E-state index in [-0.39, 0.29) is 11.0 Å². The average molecular weight is 402 g/mol. The molecule has 3 aromatic rings. The van der Waals surface area contributed by atoms with Crippen LogP contribution < -0.4 is 5.73 Å². The summed E-state index contributed by atoms with van der Waals surface area (Å²) in [6.07, 6.45) is 10.1. The number of rotatable bonds is 6. The molecule has 6 rings (SSSR count). The van der Waals surface area contributed by atoms with E-state index in [1.807, 2.05) is 35.4 Å². The van der Waals surface area contributed by atoms with Gasteiger partial charge in [0.1, 0.15) is 5.65 Å². The van der Waals surface area contributed by atoms with Gasteiger partial charge in [0.2, 0.25) is 6.41 Å². The molecule has 2 heterocycles. The predicted molar refractivity (Wildman–Crippen MR) is 118 cm³/mol. The van der Waals surface area contributed by atoms with Crippen LogP contribution in [0.4, 0.5) is 5.69 Å². The highest BCUT2D eigenvalue weighted by Gasteiger charge is 2.53. The summed E-state index contributed by atoms with van der Waals surface area (Å²) in [6.45, 7) is 0.649. The van der Waals surface area contributed by atoms with Crippen LogP contribution in [0.5, 0.6) is 0 Å². The van der Waals surface area contributed by atoms with Gasteiger partial charge in [-0.05, 0) is 50.2 Å². The number of nitrogens with one attached hydrogen (secondary N) is 2. The fourth-order valence-electron chi connectivity index (χ4n) is 5.64. The summed E-state index contributed by atoms with van der Waals surface area (Å²) in [5.41, 5.74) is 10.0. The van der Waals surface area contributed by atoms with Gasteiger partial charge < -0.3 is 21.0 Å². The second-order valence-electron chi connectivity index (χ2n) is 8.93. The minimum Gasteiger partial charge on any atom is -0.397 e. The monoisotopic (exact) mass is 401 g/mol. The van der Waals surface area contributed by atoms with Crippen molar-refractivity contribution in [3.63, 3.8) is 0 Å². The smallest absolute Gasteiger partial charge is 0.210 e. The third kappa shape index (κ3) is 2.82. The maximum absolute atomic E-state index is 12.0. The van der Waals surface area contributed by atoms with Crippen molar-refractivity contribution < 1.29 is 4.79 Å². The number of aromatic nitrogens is 2. The standard InChI is InChI=1S/C24H27N5O/c25-19-14-28-22-18(6-13-27-22)20(19)21(26)23-7-10-24(11-8-23,12-9-23)29(16-30)15-17-4-2-1-3-5-17/h1-6,13-14,16,26H,7-12,15,25H2,(H,27,28). The van der Waals surface area contributed by atoms with Gasteiger partial charge in [0, 0.05) is 40.4 Å². The first-order valence-corrected chi connectivity index (χ1v) is 10.6. The van der Waals surface area contributed by atoms with Gasteiger partial charge in [-0.15, -0.1) is 0 Å². The average Bonchev–Trinajstić information content (AvgIpc) is 3.27. The van der Waals surface area contributed by atoms with E-state index < -0.39 is 0 Å². The molecule has 2 aromatic heterocycles. The zero-order valence-corrected chi connectivity index (χ0v) is 17.0. The van der Waals surface area contributed by atoms with Crippen LogP contribution in [0, 0.1) is 10.8 Å². The SMILES string of the molecule is N=C(c1c(N)cnc2[nH]ccc12)C12CCC(N(C=O)Cc3ccccc3)(CC1)CC2. The van der Waals surface area contributed by atoms with Crippen molar-refractivity contribution >= 4 is 28.8 Å². The molecule has 0 radical (unpaired) electrons. The molecule has 3 fully saturated rings. The molecular formula is C24H27N5O. The third-order valence-electron chi connectivity index (χ3n) is 7.54. The van der Waals surface area contributed by atoms with E-state index in [9.17, 15) is 4.79 Å². The molecule has 1 aromatic carbocycles. The lowest BCUT2D eigenvalue weighted by molar-refractivity contribution is -0.131. The highest BCUT2D eigenvalue weighted by atomic mass is 16.1. The number of nitrogen functional groups attached to an aromatic ring is 1. The number of carbonyl (C=O) groups is 1. The fourth-order valence-corrected chi connectivity index (χ4v) is 5.64. The molecule has 0 spiro atoms. The Kier molecular flexibility index (Phi) is 4.38. The van der Waals surface area contributed by atoms with E-state index >= 15 is 0 Å². The number of nitrogens with two attached hydrogens (primary N) is 1. The molecule has 3 aliphatic rings. The molecule has 4 N–H and O–H groups in total. The van der Waals surface area contributed by atoms with Crippen LogP contribution in [-0.4, -0.2) is 32.5 Å². The minimum atomic E-state index is -0.164. The molecule has 3 saturated carbocycles. The zero-order valence-electron chi connectivity index (χ0n) is 17.0. The summed E-state index contributed by atoms with van der Waals surface area (Å²) in [7, 11) is 0. The lowest BCUT2D eigenvalue weighted by Crippen LogP contribution is -2.57. The summed E-state index contributed by atoms with van der Waals surface area (Å²) < 4.78 is 0. The summed E-state index contributed by atoms with van der Waals surface area (Å²) in [5.74, 6) is 0. The van der Waals surface area contributed by atoms with E-state index in [1.165, 1.54) is 0 Å². The number of anilines is 1. The number of nitrogens with zero attached hydrogens (tertiary/aromatic N) is 2. The fraction of sp³-hybridized carbons (Fsp3) is 0.375. The van der Waals surface area contributed by atoms with Gasteiger partial charge in [0.25, 0.3) is 0 Å². The number of hydrogen-bond donors (Lipinski definition) is 3. The second kappa shape index (κ2) is 6.97. The summed E-state index contributed by atoms with van der Waals surface area (Å²) in [4.78, 5) is 21.5. The van der Waals surface area contributed by atoms with Crippen LogP contribution in [-0.2, 0) is 11.3 Å². The Morgan fingerprint density at radius 1 is 1.13 bits per heavy atom. The number of fused-ring (bicyclic) bond motifs is 4. The van der Waals surface area contributed by atoms with Crippen LogP contribution in [0.15, 0.2) is 48.8 Å². The van der Waals surface area contributed by atoms with Crippen LogP contribution in [0.2, 0.25) is 0 Å². The molecule has 1 amide bonds. The van der Waals surface area contributed by atoms with Crippen LogP contribution in [0.3, 0.4) is 0 Å². The van der Waals surface area contributed by atoms with Crippen molar-refractivity contribution in [1.82, 2.24) is 14.9 Å². The molecule has 6 nitrogen and oxygen atoms in total. The normalized spacial score (nSPS) is 25.3. The Balaban J connectivity index is 1.40. The van der Waals surface area contributed by atoms with Gasteiger partial charge in [-0.1, -0.05) is 30.3 Å². The predicted octanol–water partition coefficient (Wildman–Crippen LogP) is 4.26. The lowest BCUT2D eigenvalue weighted by Gasteiger charge is -2.57. The number of pyridine rings is 1. The first-order valence-electron chi connectivity index (χ1n) is 10.6. The molecule has 30 heavy (non-hydrogen) atoms. The number of benzene rings is 1. The molecule has 0 atom stereocenters. The highest BCUT2D eigenvalue weighted by Crippen LogP contribution is 2.56. The summed E-state index contributed by atoms with van der Waals surface area (Å²) in [6, 6.07) is 12.2. The Bertz CT molecular complexity index is 1080. The van der Waals surface area contributed by atoms with Crippen LogP contribution >= 0.6 is 0 Å². The van der Waals surface area contributed by atoms with Gasteiger partial charge in [-0.3, -0.25) is 4.79 Å². The van der Waals surface area contributed by atoms with Gasteiger partial charge >= 0.3 is 0 Å². The molecule has 154 valence electrons. The first kappa shape index (κ1) is 18.9. The summed E-state index contributed by atoms with van der Waals surface area (Å²) in [5, 5.41) is 10.1. The minimum absolute atomic E-state index is 0.0905.